The number of fused-ring (bicyclic) bond motifs is 5. The van der Waals surface area contributed by atoms with E-state index in [1.807, 2.05) is 0 Å². The molecule has 6 heteroatoms. The Kier molecular flexibility index (Phi) is 7.45. The zero-order valence-electron chi connectivity index (χ0n) is 19.2. The van der Waals surface area contributed by atoms with Crippen LogP contribution in [-0.4, -0.2) is 39.6 Å². The molecule has 5 nitrogen and oxygen atoms in total. The molecule has 0 aromatic carbocycles. The van der Waals surface area contributed by atoms with Gasteiger partial charge in [0.1, 0.15) is 0 Å². The van der Waals surface area contributed by atoms with Crippen molar-refractivity contribution in [2.45, 2.75) is 96.9 Å². The first kappa shape index (κ1) is 25.0. The van der Waals surface area contributed by atoms with E-state index in [9.17, 15) is 25.2 Å². The van der Waals surface area contributed by atoms with Crippen LogP contribution in [0.2, 0.25) is 0 Å². The van der Waals surface area contributed by atoms with E-state index in [1.165, 1.54) is 0 Å². The molecular weight excluding hydrogens is 391 g/mol. The van der Waals surface area contributed by atoms with Crippen LogP contribution >= 0.6 is 0 Å². The average Bonchev–Trinajstić information content (AvgIpc) is 2.91. The molecule has 0 bridgehead atoms. The van der Waals surface area contributed by atoms with E-state index in [4.69, 9.17) is 0 Å². The van der Waals surface area contributed by atoms with Crippen molar-refractivity contribution in [2.75, 3.05) is 0 Å². The molecule has 4 aliphatic carbocycles. The number of carboxylic acids is 1. The molecule has 166 valence electrons. The summed E-state index contributed by atoms with van der Waals surface area (Å²) >= 11 is 0. The van der Waals surface area contributed by atoms with Crippen molar-refractivity contribution >= 4 is 5.97 Å². The molecule has 4 aliphatic rings. The van der Waals surface area contributed by atoms with Crippen LogP contribution in [-0.2, 0) is 4.79 Å². The quantitative estimate of drug-likeness (QED) is 0.503. The van der Waals surface area contributed by atoms with Crippen molar-refractivity contribution in [1.29, 1.82) is 0 Å². The number of hydrogen-bond acceptors (Lipinski definition) is 5. The first-order chi connectivity index (χ1) is 13.6. The van der Waals surface area contributed by atoms with E-state index in [2.05, 4.69) is 20.8 Å². The Bertz CT molecular complexity index is 643. The van der Waals surface area contributed by atoms with Crippen molar-refractivity contribution in [3.8, 4) is 0 Å². The van der Waals surface area contributed by atoms with Crippen molar-refractivity contribution < 1.29 is 54.8 Å². The number of aliphatic hydroxyl groups excluding tert-OH is 3. The molecule has 3 N–H and O–H groups in total. The van der Waals surface area contributed by atoms with Gasteiger partial charge in [-0.05, 0) is 104 Å². The molecule has 0 aliphatic heterocycles. The number of hydrogen-bond donors (Lipinski definition) is 3. The zero-order chi connectivity index (χ0) is 21.1. The predicted octanol–water partition coefficient (Wildman–Crippen LogP) is -0.882. The van der Waals surface area contributed by atoms with Gasteiger partial charge in [0.05, 0.1) is 18.3 Å². The van der Waals surface area contributed by atoms with Crippen LogP contribution in [0.4, 0.5) is 0 Å². The Morgan fingerprint density at radius 1 is 1.00 bits per heavy atom. The van der Waals surface area contributed by atoms with Crippen molar-refractivity contribution in [1.82, 2.24) is 0 Å². The second-order valence-electron chi connectivity index (χ2n) is 11.5. The zero-order valence-corrected chi connectivity index (χ0v) is 21.2. The topological polar surface area (TPSA) is 101 Å². The van der Waals surface area contributed by atoms with Crippen LogP contribution in [0.5, 0.6) is 0 Å². The monoisotopic (exact) mass is 430 g/mol. The Morgan fingerprint density at radius 2 is 1.67 bits per heavy atom. The summed E-state index contributed by atoms with van der Waals surface area (Å²) in [4.78, 5) is 11.0. The van der Waals surface area contributed by atoms with Gasteiger partial charge < -0.3 is 25.2 Å². The molecule has 4 fully saturated rings. The molecule has 4 saturated carbocycles. The predicted molar refractivity (Wildman–Crippen MR) is 107 cm³/mol. The number of rotatable bonds is 4. The first-order valence-corrected chi connectivity index (χ1v) is 11.8. The first-order valence-electron chi connectivity index (χ1n) is 11.8. The van der Waals surface area contributed by atoms with Gasteiger partial charge in [-0.25, -0.2) is 0 Å². The molecule has 30 heavy (non-hydrogen) atoms. The van der Waals surface area contributed by atoms with Crippen LogP contribution in [0.15, 0.2) is 0 Å². The van der Waals surface area contributed by atoms with Crippen LogP contribution in [0, 0.1) is 46.3 Å². The molecule has 0 radical (unpaired) electrons. The van der Waals surface area contributed by atoms with E-state index in [-0.39, 0.29) is 82.7 Å². The van der Waals surface area contributed by atoms with Crippen LogP contribution in [0.25, 0.3) is 0 Å². The molecule has 0 heterocycles. The molecule has 0 saturated heterocycles. The van der Waals surface area contributed by atoms with Crippen molar-refractivity contribution in [2.24, 2.45) is 46.3 Å². The SMILES string of the molecule is C[C@H](CCC(=O)[O-])[C@H]1[C@H](O)CC2C3C(CC[C@@]21C)[C@@]1(C)CC[C@@H](O)C[C@H]1C[C@H]3O.[Na+]. The number of carbonyl (C=O) groups excluding carboxylic acids is 1. The van der Waals surface area contributed by atoms with Crippen LogP contribution in [0.1, 0.15) is 78.6 Å². The third-order valence-corrected chi connectivity index (χ3v) is 10.2. The van der Waals surface area contributed by atoms with Crippen LogP contribution < -0.4 is 34.7 Å². The maximum absolute atomic E-state index is 11.2. The molecule has 0 aromatic heterocycles. The van der Waals surface area contributed by atoms with Crippen molar-refractivity contribution in [3.05, 3.63) is 0 Å². The molecule has 0 spiro atoms. The number of carbonyl (C=O) groups is 1. The van der Waals surface area contributed by atoms with E-state index >= 15 is 0 Å². The summed E-state index contributed by atoms with van der Waals surface area (Å²) in [6, 6.07) is 0. The smallest absolute Gasteiger partial charge is 0.550 e. The largest absolute Gasteiger partial charge is 1.00 e. The minimum absolute atomic E-state index is 0. The Morgan fingerprint density at radius 3 is 2.33 bits per heavy atom. The number of carboxylic acid groups (broad SMARTS) is 1. The van der Waals surface area contributed by atoms with Gasteiger partial charge >= 0.3 is 29.6 Å². The summed E-state index contributed by atoms with van der Waals surface area (Å²) in [6.07, 6.45) is 5.86. The second kappa shape index (κ2) is 8.95. The maximum atomic E-state index is 11.2. The summed E-state index contributed by atoms with van der Waals surface area (Å²) < 4.78 is 0. The average molecular weight is 431 g/mol. The molecule has 0 aromatic rings. The normalized spacial score (nSPS) is 51.1. The summed E-state index contributed by atoms with van der Waals surface area (Å²) in [5.74, 6) is 0.518. The van der Waals surface area contributed by atoms with E-state index in [0.29, 0.717) is 18.3 Å². The summed E-state index contributed by atoms with van der Waals surface area (Å²) in [6.45, 7) is 6.75. The number of aliphatic hydroxyl groups is 3. The third kappa shape index (κ3) is 3.94. The standard InChI is InChI=1S/C24H40O5.Na/c1-13(4-5-20(28)29)22-19(27)12-17-21-16(7-9-24(17,22)3)23(2)8-6-15(25)10-14(23)11-18(21)26;/h13-19,21-22,25-27H,4-12H2,1-3H3,(H,28,29);/q;+1/p-1/t13-,14+,15-,16?,17?,18-,19-,21?,22+,23+,24+;/m1./s1. The minimum atomic E-state index is -1.02. The van der Waals surface area contributed by atoms with Gasteiger partial charge in [0.25, 0.3) is 0 Å². The molecule has 4 rings (SSSR count). The van der Waals surface area contributed by atoms with Gasteiger partial charge in [-0.1, -0.05) is 20.8 Å². The van der Waals surface area contributed by atoms with E-state index in [1.54, 1.807) is 0 Å². The van der Waals surface area contributed by atoms with Crippen molar-refractivity contribution in [3.63, 3.8) is 0 Å². The van der Waals surface area contributed by atoms with Gasteiger partial charge in [-0.15, -0.1) is 0 Å². The molecule has 0 amide bonds. The van der Waals surface area contributed by atoms with Gasteiger partial charge in [-0.3, -0.25) is 0 Å². The number of aliphatic carboxylic acids is 1. The molecule has 3 unspecified atom stereocenters. The maximum Gasteiger partial charge on any atom is 1.00 e. The van der Waals surface area contributed by atoms with E-state index in [0.717, 1.165) is 44.9 Å². The van der Waals surface area contributed by atoms with Gasteiger partial charge in [0.15, 0.2) is 0 Å². The minimum Gasteiger partial charge on any atom is -0.550 e. The fourth-order valence-corrected chi connectivity index (χ4v) is 8.81. The van der Waals surface area contributed by atoms with Crippen LogP contribution in [0.3, 0.4) is 0 Å². The summed E-state index contributed by atoms with van der Waals surface area (Å²) in [7, 11) is 0. The van der Waals surface area contributed by atoms with Gasteiger partial charge in [0, 0.05) is 5.97 Å². The Hall–Kier alpha value is 0.350. The van der Waals surface area contributed by atoms with Gasteiger partial charge in [0.2, 0.25) is 0 Å². The third-order valence-electron chi connectivity index (χ3n) is 10.2. The Labute approximate surface area is 203 Å². The second-order valence-corrected chi connectivity index (χ2v) is 11.5. The molecule has 11 atom stereocenters. The fourth-order valence-electron chi connectivity index (χ4n) is 8.81. The summed E-state index contributed by atoms with van der Waals surface area (Å²) in [5.41, 5.74) is 0.123. The van der Waals surface area contributed by atoms with E-state index < -0.39 is 12.1 Å². The van der Waals surface area contributed by atoms with Gasteiger partial charge in [-0.2, -0.15) is 0 Å². The molecular formula is C24H39NaO5. The summed E-state index contributed by atoms with van der Waals surface area (Å²) in [5, 5.41) is 43.5. The Balaban J connectivity index is 0.00000256. The fraction of sp³-hybridized carbons (Fsp3) is 0.958.